The fourth-order valence-corrected chi connectivity index (χ4v) is 1.26. The molecule has 1 heterocycles. The first kappa shape index (κ1) is 8.51. The molecule has 0 radical (unpaired) electrons. The van der Waals surface area contributed by atoms with Gasteiger partial charge >= 0.3 is 10.3 Å². The molecule has 0 amide bonds. The molecule has 1 N–H and O–H groups in total. The second-order valence-electron chi connectivity index (χ2n) is 2.37. The smallest absolute Gasteiger partial charge is 0.367 e. The van der Waals surface area contributed by atoms with E-state index < -0.39 is 10.3 Å². The first-order chi connectivity index (χ1) is 4.91. The highest BCUT2D eigenvalue weighted by Crippen LogP contribution is 2.19. The van der Waals surface area contributed by atoms with E-state index in [1.165, 1.54) is 0 Å². The Hall–Kier alpha value is -0.590. The van der Waals surface area contributed by atoms with E-state index in [1.54, 1.807) is 13.8 Å². The Morgan fingerprint density at radius 3 is 2.27 bits per heavy atom. The van der Waals surface area contributed by atoms with Gasteiger partial charge in [-0.05, 0) is 23.9 Å². The molecule has 1 aliphatic heterocycles. The molecule has 0 aromatic rings. The van der Waals surface area contributed by atoms with Crippen LogP contribution in [0.2, 0.25) is 0 Å². The second-order valence-corrected chi connectivity index (χ2v) is 3.67. The largest absolute Gasteiger partial charge is 0.394 e. The number of hydrogen-bond acceptors (Lipinski definition) is 3. The molecule has 0 spiro atoms. The van der Waals surface area contributed by atoms with Gasteiger partial charge in [-0.3, -0.25) is 4.55 Å². The summed E-state index contributed by atoms with van der Waals surface area (Å²) < 4.78 is 29.9. The van der Waals surface area contributed by atoms with Gasteiger partial charge in [0.15, 0.2) is 0 Å². The summed E-state index contributed by atoms with van der Waals surface area (Å²) in [6, 6.07) is 0. The van der Waals surface area contributed by atoms with Gasteiger partial charge in [-0.15, -0.1) is 0 Å². The Kier molecular flexibility index (Phi) is 1.91. The maximum Gasteiger partial charge on any atom is 0.367 e. The molecule has 5 nitrogen and oxygen atoms in total. The van der Waals surface area contributed by atoms with Crippen molar-refractivity contribution in [1.82, 2.24) is 4.47 Å². The predicted molar refractivity (Wildman–Crippen MR) is 37.7 cm³/mol. The lowest BCUT2D eigenvalue weighted by atomic mass is 10.3. The van der Waals surface area contributed by atoms with Crippen molar-refractivity contribution in [3.8, 4) is 0 Å². The summed E-state index contributed by atoms with van der Waals surface area (Å²) in [6.07, 6.45) is 0. The van der Waals surface area contributed by atoms with E-state index in [1.807, 2.05) is 0 Å². The van der Waals surface area contributed by atoms with E-state index in [4.69, 9.17) is 9.39 Å². The quantitative estimate of drug-likeness (QED) is 0.589. The summed E-state index contributed by atoms with van der Waals surface area (Å²) in [6.45, 7) is 3.48. The SMILES string of the molecule is CC1=C(C)ON(S(=O)(=O)O)C1. The van der Waals surface area contributed by atoms with Gasteiger partial charge in [0.2, 0.25) is 0 Å². The van der Waals surface area contributed by atoms with Crippen LogP contribution in [0.25, 0.3) is 0 Å². The maximum atomic E-state index is 10.5. The zero-order chi connectivity index (χ0) is 8.65. The Morgan fingerprint density at radius 1 is 1.55 bits per heavy atom. The van der Waals surface area contributed by atoms with E-state index in [-0.39, 0.29) is 6.54 Å². The Labute approximate surface area is 65.1 Å². The summed E-state index contributed by atoms with van der Waals surface area (Å²) in [5.74, 6) is 0.516. The Bertz CT molecular complexity index is 278. The molecule has 1 aliphatic rings. The Morgan fingerprint density at radius 2 is 2.09 bits per heavy atom. The molecular weight excluding hydrogens is 170 g/mol. The molecular formula is C5H9NO4S. The highest BCUT2D eigenvalue weighted by Gasteiger charge is 2.27. The summed E-state index contributed by atoms with van der Waals surface area (Å²) in [5.41, 5.74) is 0.794. The van der Waals surface area contributed by atoms with Gasteiger partial charge < -0.3 is 4.84 Å². The zero-order valence-electron chi connectivity index (χ0n) is 6.23. The van der Waals surface area contributed by atoms with Gasteiger partial charge in [-0.2, -0.15) is 8.42 Å². The molecule has 0 atom stereocenters. The fourth-order valence-electron chi connectivity index (χ4n) is 0.697. The van der Waals surface area contributed by atoms with Crippen LogP contribution in [0.5, 0.6) is 0 Å². The molecule has 0 aliphatic carbocycles. The van der Waals surface area contributed by atoms with Crippen molar-refractivity contribution >= 4 is 10.3 Å². The zero-order valence-corrected chi connectivity index (χ0v) is 7.05. The van der Waals surface area contributed by atoms with E-state index >= 15 is 0 Å². The van der Waals surface area contributed by atoms with Crippen LogP contribution < -0.4 is 0 Å². The molecule has 0 saturated carbocycles. The van der Waals surface area contributed by atoms with Gasteiger partial charge in [0, 0.05) is 0 Å². The van der Waals surface area contributed by atoms with Crippen LogP contribution in [0, 0.1) is 0 Å². The van der Waals surface area contributed by atoms with Crippen molar-refractivity contribution < 1.29 is 17.8 Å². The minimum absolute atomic E-state index is 0.102. The van der Waals surface area contributed by atoms with E-state index in [0.717, 1.165) is 5.57 Å². The Balaban J connectivity index is 2.77. The first-order valence-corrected chi connectivity index (χ1v) is 4.40. The van der Waals surface area contributed by atoms with Crippen molar-refractivity contribution in [3.63, 3.8) is 0 Å². The third-order valence-electron chi connectivity index (χ3n) is 1.46. The van der Waals surface area contributed by atoms with Crippen LogP contribution in [-0.4, -0.2) is 24.0 Å². The lowest BCUT2D eigenvalue weighted by molar-refractivity contribution is -0.0122. The lowest BCUT2D eigenvalue weighted by Gasteiger charge is -2.09. The molecule has 0 aromatic carbocycles. The van der Waals surface area contributed by atoms with Crippen LogP contribution in [0.15, 0.2) is 11.3 Å². The second kappa shape index (κ2) is 2.47. The molecule has 0 fully saturated rings. The number of nitrogens with zero attached hydrogens (tertiary/aromatic N) is 1. The molecule has 64 valence electrons. The third-order valence-corrected chi connectivity index (χ3v) is 2.18. The summed E-state index contributed by atoms with van der Waals surface area (Å²) >= 11 is 0. The van der Waals surface area contributed by atoms with Crippen LogP contribution in [0.3, 0.4) is 0 Å². The molecule has 0 saturated heterocycles. The minimum Gasteiger partial charge on any atom is -0.394 e. The van der Waals surface area contributed by atoms with Gasteiger partial charge in [-0.1, -0.05) is 0 Å². The highest BCUT2D eigenvalue weighted by atomic mass is 32.2. The van der Waals surface area contributed by atoms with E-state index in [0.29, 0.717) is 10.2 Å². The van der Waals surface area contributed by atoms with Crippen LogP contribution >= 0.6 is 0 Å². The topological polar surface area (TPSA) is 66.8 Å². The van der Waals surface area contributed by atoms with Crippen molar-refractivity contribution in [2.75, 3.05) is 6.54 Å². The number of rotatable bonds is 1. The molecule has 11 heavy (non-hydrogen) atoms. The normalized spacial score (nSPS) is 20.6. The van der Waals surface area contributed by atoms with Gasteiger partial charge in [0.1, 0.15) is 5.76 Å². The number of hydrogen-bond donors (Lipinski definition) is 1. The van der Waals surface area contributed by atoms with E-state index in [2.05, 4.69) is 0 Å². The number of hydroxylamine groups is 1. The lowest BCUT2D eigenvalue weighted by Crippen LogP contribution is -2.26. The fraction of sp³-hybridized carbons (Fsp3) is 0.600. The average Bonchev–Trinajstić information content (AvgIpc) is 2.11. The van der Waals surface area contributed by atoms with Gasteiger partial charge in [-0.25, -0.2) is 0 Å². The van der Waals surface area contributed by atoms with Crippen molar-refractivity contribution in [2.45, 2.75) is 13.8 Å². The monoisotopic (exact) mass is 179 g/mol. The highest BCUT2D eigenvalue weighted by molar-refractivity contribution is 7.83. The van der Waals surface area contributed by atoms with Crippen LogP contribution in [-0.2, 0) is 15.1 Å². The van der Waals surface area contributed by atoms with Crippen molar-refractivity contribution in [1.29, 1.82) is 0 Å². The average molecular weight is 179 g/mol. The van der Waals surface area contributed by atoms with Gasteiger partial charge in [0.25, 0.3) is 0 Å². The standard InChI is InChI=1S/C5H9NO4S/c1-4-3-6(10-5(4)2)11(7,8)9/h3H2,1-2H3,(H,7,8,9). The maximum absolute atomic E-state index is 10.5. The summed E-state index contributed by atoms with van der Waals surface area (Å²) in [7, 11) is -4.20. The first-order valence-electron chi connectivity index (χ1n) is 3.00. The van der Waals surface area contributed by atoms with Crippen LogP contribution in [0.4, 0.5) is 0 Å². The molecule has 0 aromatic heterocycles. The molecule has 6 heteroatoms. The molecule has 1 rings (SSSR count). The van der Waals surface area contributed by atoms with Crippen LogP contribution in [0.1, 0.15) is 13.8 Å². The molecule has 0 unspecified atom stereocenters. The van der Waals surface area contributed by atoms with Crippen molar-refractivity contribution in [3.05, 3.63) is 11.3 Å². The predicted octanol–water partition coefficient (Wildman–Crippen LogP) is 0.330. The van der Waals surface area contributed by atoms with E-state index in [9.17, 15) is 8.42 Å². The number of allylic oxidation sites excluding steroid dienone is 1. The minimum atomic E-state index is -4.20. The summed E-state index contributed by atoms with van der Waals surface area (Å²) in [5, 5.41) is 0. The van der Waals surface area contributed by atoms with Gasteiger partial charge in [0.05, 0.1) is 6.54 Å². The summed E-state index contributed by atoms with van der Waals surface area (Å²) in [4.78, 5) is 4.71. The molecule has 0 bridgehead atoms. The van der Waals surface area contributed by atoms with Crippen molar-refractivity contribution in [2.24, 2.45) is 0 Å². The third kappa shape index (κ3) is 1.70.